The van der Waals surface area contributed by atoms with E-state index in [-0.39, 0.29) is 12.5 Å². The molecule has 1 aromatic heterocycles. The molecule has 0 atom stereocenters. The average molecular weight is 329 g/mol. The molecule has 2 rings (SSSR count). The molecular formula is C11H13BrN4OS. The number of hydrogen-bond acceptors (Lipinski definition) is 4. The van der Waals surface area contributed by atoms with E-state index in [2.05, 4.69) is 26.2 Å². The number of carbonyl (C=O) groups is 1. The molecule has 0 aromatic carbocycles. The second-order valence-electron chi connectivity index (χ2n) is 3.82. The van der Waals surface area contributed by atoms with Crippen molar-refractivity contribution < 1.29 is 4.79 Å². The van der Waals surface area contributed by atoms with Crippen LogP contribution in [-0.4, -0.2) is 40.6 Å². The van der Waals surface area contributed by atoms with Crippen molar-refractivity contribution in [2.24, 2.45) is 0 Å². The molecule has 0 radical (unpaired) electrons. The summed E-state index contributed by atoms with van der Waals surface area (Å²) >= 11 is 4.71. The van der Waals surface area contributed by atoms with Crippen molar-refractivity contribution in [3.63, 3.8) is 0 Å². The minimum Gasteiger partial charge on any atom is -0.353 e. The number of amidine groups is 1. The van der Waals surface area contributed by atoms with Crippen LogP contribution in [-0.2, 0) is 10.5 Å². The number of halogens is 1. The summed E-state index contributed by atoms with van der Waals surface area (Å²) in [5, 5.41) is 11.1. The zero-order valence-electron chi connectivity index (χ0n) is 9.65. The summed E-state index contributed by atoms with van der Waals surface area (Å²) in [5.41, 5.74) is 0.917. The molecule has 1 amide bonds. The van der Waals surface area contributed by atoms with Crippen LogP contribution in [0, 0.1) is 5.41 Å². The second kappa shape index (κ2) is 6.19. The predicted octanol–water partition coefficient (Wildman–Crippen LogP) is 1.44. The van der Waals surface area contributed by atoms with Gasteiger partial charge in [-0.3, -0.25) is 10.2 Å². The molecule has 96 valence electrons. The number of thioether (sulfide) groups is 1. The lowest BCUT2D eigenvalue weighted by atomic mass is 10.4. The molecule has 2 heterocycles. The van der Waals surface area contributed by atoms with Gasteiger partial charge in [-0.1, -0.05) is 17.8 Å². The largest absolute Gasteiger partial charge is 0.353 e. The first-order valence-electron chi connectivity index (χ1n) is 5.49. The smallest absolute Gasteiger partial charge is 0.239 e. The summed E-state index contributed by atoms with van der Waals surface area (Å²) < 4.78 is 0.796. The lowest BCUT2D eigenvalue weighted by Crippen LogP contribution is -2.49. The number of piperazine rings is 1. The summed E-state index contributed by atoms with van der Waals surface area (Å²) in [5.74, 6) is 0.614. The molecular weight excluding hydrogens is 316 g/mol. The number of nitrogens with one attached hydrogen (secondary N) is 2. The van der Waals surface area contributed by atoms with Crippen molar-refractivity contribution in [1.29, 1.82) is 5.41 Å². The topological polar surface area (TPSA) is 69.1 Å². The Hall–Kier alpha value is -1.08. The highest BCUT2D eigenvalue weighted by atomic mass is 79.9. The highest BCUT2D eigenvalue weighted by Crippen LogP contribution is 2.16. The summed E-state index contributed by atoms with van der Waals surface area (Å²) in [6.07, 6.45) is 0. The summed E-state index contributed by atoms with van der Waals surface area (Å²) in [6, 6.07) is 5.72. The van der Waals surface area contributed by atoms with Crippen molar-refractivity contribution in [3.05, 3.63) is 28.5 Å². The first kappa shape index (κ1) is 13.4. The van der Waals surface area contributed by atoms with Crippen LogP contribution < -0.4 is 5.32 Å². The minimum atomic E-state index is -0.0211. The quantitative estimate of drug-likeness (QED) is 0.489. The first-order chi connectivity index (χ1) is 8.65. The molecule has 0 bridgehead atoms. The molecule has 1 aliphatic rings. The Balaban J connectivity index is 1.86. The fourth-order valence-corrected chi connectivity index (χ4v) is 2.74. The van der Waals surface area contributed by atoms with Crippen molar-refractivity contribution in [1.82, 2.24) is 15.2 Å². The highest BCUT2D eigenvalue weighted by molar-refractivity contribution is 9.10. The van der Waals surface area contributed by atoms with E-state index < -0.39 is 0 Å². The van der Waals surface area contributed by atoms with Crippen LogP contribution >= 0.6 is 27.7 Å². The summed E-state index contributed by atoms with van der Waals surface area (Å²) in [4.78, 5) is 17.3. The standard InChI is InChI=1S/C11H13BrN4OS/c12-9-3-1-2-8(15-9)7-18-11(13)16-5-4-14-10(17)6-16/h1-3,13H,4-7H2,(H,14,17). The lowest BCUT2D eigenvalue weighted by Gasteiger charge is -2.28. The van der Waals surface area contributed by atoms with Crippen molar-refractivity contribution >= 4 is 38.8 Å². The van der Waals surface area contributed by atoms with E-state index in [0.29, 0.717) is 24.0 Å². The van der Waals surface area contributed by atoms with Gasteiger partial charge in [0.15, 0.2) is 5.17 Å². The molecule has 0 saturated carbocycles. The zero-order chi connectivity index (χ0) is 13.0. The Kier molecular flexibility index (Phi) is 4.60. The average Bonchev–Trinajstić information content (AvgIpc) is 2.36. The molecule has 1 fully saturated rings. The third kappa shape index (κ3) is 3.71. The number of carbonyl (C=O) groups excluding carboxylic acids is 1. The Labute approximate surface area is 118 Å². The normalized spacial score (nSPS) is 15.4. The van der Waals surface area contributed by atoms with Gasteiger partial charge in [-0.05, 0) is 28.1 Å². The van der Waals surface area contributed by atoms with E-state index in [1.165, 1.54) is 11.8 Å². The molecule has 0 unspecified atom stereocenters. The second-order valence-corrected chi connectivity index (χ2v) is 5.59. The molecule has 1 saturated heterocycles. The van der Waals surface area contributed by atoms with Crippen LogP contribution in [0.5, 0.6) is 0 Å². The fraction of sp³-hybridized carbons (Fsp3) is 0.364. The Morgan fingerprint density at radius 1 is 1.61 bits per heavy atom. The van der Waals surface area contributed by atoms with Crippen LogP contribution in [0.3, 0.4) is 0 Å². The number of aromatic nitrogens is 1. The minimum absolute atomic E-state index is 0.0211. The van der Waals surface area contributed by atoms with E-state index in [1.807, 2.05) is 18.2 Å². The molecule has 18 heavy (non-hydrogen) atoms. The van der Waals surface area contributed by atoms with Crippen LogP contribution in [0.15, 0.2) is 22.8 Å². The molecule has 5 nitrogen and oxygen atoms in total. The lowest BCUT2D eigenvalue weighted by molar-refractivity contribution is -0.122. The van der Waals surface area contributed by atoms with Gasteiger partial charge in [0.05, 0.1) is 12.2 Å². The van der Waals surface area contributed by atoms with Crippen LogP contribution in [0.4, 0.5) is 0 Å². The van der Waals surface area contributed by atoms with Crippen molar-refractivity contribution in [2.75, 3.05) is 19.6 Å². The van der Waals surface area contributed by atoms with Gasteiger partial charge in [-0.25, -0.2) is 4.98 Å². The number of rotatable bonds is 2. The van der Waals surface area contributed by atoms with Gasteiger partial charge >= 0.3 is 0 Å². The first-order valence-corrected chi connectivity index (χ1v) is 7.27. The van der Waals surface area contributed by atoms with Crippen LogP contribution in [0.25, 0.3) is 0 Å². The van der Waals surface area contributed by atoms with E-state index in [9.17, 15) is 4.79 Å². The molecule has 0 spiro atoms. The number of hydrogen-bond donors (Lipinski definition) is 2. The number of nitrogens with zero attached hydrogens (tertiary/aromatic N) is 2. The summed E-state index contributed by atoms with van der Waals surface area (Å²) in [6.45, 7) is 1.58. The van der Waals surface area contributed by atoms with E-state index in [0.717, 1.165) is 10.3 Å². The van der Waals surface area contributed by atoms with Gasteiger partial charge in [0.1, 0.15) is 4.60 Å². The van der Waals surface area contributed by atoms with Gasteiger partial charge < -0.3 is 10.2 Å². The third-order valence-corrected chi connectivity index (χ3v) is 3.87. The van der Waals surface area contributed by atoms with E-state index in [4.69, 9.17) is 5.41 Å². The Morgan fingerprint density at radius 3 is 3.17 bits per heavy atom. The zero-order valence-corrected chi connectivity index (χ0v) is 12.1. The monoisotopic (exact) mass is 328 g/mol. The SMILES string of the molecule is N=C(SCc1cccc(Br)n1)N1CCNC(=O)C1. The maximum Gasteiger partial charge on any atom is 0.239 e. The van der Waals surface area contributed by atoms with E-state index >= 15 is 0 Å². The molecule has 1 aromatic rings. The van der Waals surface area contributed by atoms with Gasteiger partial charge in [-0.15, -0.1) is 0 Å². The van der Waals surface area contributed by atoms with Gasteiger partial charge in [-0.2, -0.15) is 0 Å². The molecule has 1 aliphatic heterocycles. The maximum atomic E-state index is 11.2. The number of pyridine rings is 1. The van der Waals surface area contributed by atoms with Crippen LogP contribution in [0.2, 0.25) is 0 Å². The third-order valence-electron chi connectivity index (χ3n) is 2.46. The summed E-state index contributed by atoms with van der Waals surface area (Å²) in [7, 11) is 0. The Morgan fingerprint density at radius 2 is 2.44 bits per heavy atom. The Bertz CT molecular complexity index is 468. The van der Waals surface area contributed by atoms with Gasteiger partial charge in [0.2, 0.25) is 5.91 Å². The van der Waals surface area contributed by atoms with Crippen molar-refractivity contribution in [2.45, 2.75) is 5.75 Å². The fourth-order valence-electron chi connectivity index (χ4n) is 1.58. The van der Waals surface area contributed by atoms with Crippen molar-refractivity contribution in [3.8, 4) is 0 Å². The molecule has 7 heteroatoms. The maximum absolute atomic E-state index is 11.2. The van der Waals surface area contributed by atoms with Gasteiger partial charge in [0, 0.05) is 18.8 Å². The molecule has 2 N–H and O–H groups in total. The van der Waals surface area contributed by atoms with Crippen LogP contribution in [0.1, 0.15) is 5.69 Å². The number of amides is 1. The predicted molar refractivity (Wildman–Crippen MR) is 75.5 cm³/mol. The highest BCUT2D eigenvalue weighted by Gasteiger charge is 2.18. The molecule has 0 aliphatic carbocycles. The van der Waals surface area contributed by atoms with E-state index in [1.54, 1.807) is 4.90 Å². The van der Waals surface area contributed by atoms with Gasteiger partial charge in [0.25, 0.3) is 0 Å².